The monoisotopic (exact) mass is 191 g/mol. The fourth-order valence-corrected chi connectivity index (χ4v) is 0.769. The van der Waals surface area contributed by atoms with Crippen LogP contribution >= 0.6 is 0 Å². The van der Waals surface area contributed by atoms with Crippen molar-refractivity contribution in [3.63, 3.8) is 0 Å². The number of hydrogen-bond donors (Lipinski definition) is 1. The summed E-state index contributed by atoms with van der Waals surface area (Å²) in [4.78, 5) is 20.1. The Morgan fingerprint density at radius 2 is 2.31 bits per heavy atom. The van der Waals surface area contributed by atoms with Gasteiger partial charge in [-0.25, -0.2) is 0 Å². The highest BCUT2D eigenvalue weighted by molar-refractivity contribution is 5.69. The second-order valence-corrected chi connectivity index (χ2v) is 2.51. The quantitative estimate of drug-likeness (QED) is 0.361. The molecule has 0 saturated carbocycles. The molecule has 0 aliphatic rings. The van der Waals surface area contributed by atoms with Gasteiger partial charge in [-0.05, 0) is 6.92 Å². The van der Waals surface area contributed by atoms with Gasteiger partial charge < -0.3 is 9.84 Å². The third-order valence-corrected chi connectivity index (χ3v) is 1.35. The Bertz CT molecular complexity index is 182. The maximum atomic E-state index is 10.7. The predicted molar refractivity (Wildman–Crippen MR) is 43.7 cm³/mol. The van der Waals surface area contributed by atoms with Crippen LogP contribution in [0.5, 0.6) is 0 Å². The molecule has 0 unspecified atom stereocenters. The summed E-state index contributed by atoms with van der Waals surface area (Å²) in [6.07, 6.45) is -1.18. The number of carbonyl (C=O) groups is 1. The van der Waals surface area contributed by atoms with E-state index in [-0.39, 0.29) is 26.0 Å². The molecule has 0 radical (unpaired) electrons. The van der Waals surface area contributed by atoms with Crippen molar-refractivity contribution in [1.29, 1.82) is 0 Å². The first kappa shape index (κ1) is 11.8. The van der Waals surface area contributed by atoms with Crippen molar-refractivity contribution >= 4 is 5.97 Å². The Labute approximate surface area is 75.7 Å². The van der Waals surface area contributed by atoms with Crippen molar-refractivity contribution in [3.8, 4) is 0 Å². The number of rotatable bonds is 6. The van der Waals surface area contributed by atoms with Gasteiger partial charge in [0.1, 0.15) is 0 Å². The highest BCUT2D eigenvalue weighted by Gasteiger charge is 2.13. The molecule has 0 aliphatic heterocycles. The molecule has 0 aromatic rings. The molecule has 1 atom stereocenters. The zero-order valence-corrected chi connectivity index (χ0v) is 7.43. The van der Waals surface area contributed by atoms with Gasteiger partial charge in [0.15, 0.2) is 0 Å². The molecule has 76 valence electrons. The molecule has 13 heavy (non-hydrogen) atoms. The maximum Gasteiger partial charge on any atom is 0.308 e. The fourth-order valence-electron chi connectivity index (χ4n) is 0.769. The van der Waals surface area contributed by atoms with Gasteiger partial charge >= 0.3 is 5.97 Å². The van der Waals surface area contributed by atoms with Crippen LogP contribution in [0.4, 0.5) is 0 Å². The van der Waals surface area contributed by atoms with Gasteiger partial charge in [0.05, 0.1) is 19.1 Å². The van der Waals surface area contributed by atoms with Crippen molar-refractivity contribution in [3.05, 3.63) is 10.1 Å². The van der Waals surface area contributed by atoms with E-state index in [9.17, 15) is 14.9 Å². The van der Waals surface area contributed by atoms with Gasteiger partial charge in [-0.3, -0.25) is 14.9 Å². The van der Waals surface area contributed by atoms with Crippen molar-refractivity contribution in [2.75, 3.05) is 13.2 Å². The van der Waals surface area contributed by atoms with E-state index in [1.807, 2.05) is 0 Å². The van der Waals surface area contributed by atoms with E-state index >= 15 is 0 Å². The molecule has 0 aromatic heterocycles. The summed E-state index contributed by atoms with van der Waals surface area (Å²) in [5.41, 5.74) is 0. The summed E-state index contributed by atoms with van der Waals surface area (Å²) >= 11 is 0. The molecule has 1 N–H and O–H groups in total. The molecule has 0 amide bonds. The number of ether oxygens (including phenoxy) is 1. The van der Waals surface area contributed by atoms with E-state index in [1.165, 1.54) is 0 Å². The zero-order valence-electron chi connectivity index (χ0n) is 7.43. The Morgan fingerprint density at radius 1 is 1.69 bits per heavy atom. The first-order valence-electron chi connectivity index (χ1n) is 4.01. The molecule has 0 heterocycles. The Kier molecular flexibility index (Phi) is 5.79. The normalized spacial score (nSPS) is 12.2. The zero-order chi connectivity index (χ0) is 10.3. The van der Waals surface area contributed by atoms with Gasteiger partial charge in [-0.2, -0.15) is 0 Å². The molecule has 0 aliphatic carbocycles. The highest BCUT2D eigenvalue weighted by Crippen LogP contribution is 1.99. The largest absolute Gasteiger partial charge is 0.466 e. The predicted octanol–water partition coefficient (Wildman–Crippen LogP) is -0.0327. The number of nitrogens with zero attached hydrogens (tertiary/aromatic N) is 1. The van der Waals surface area contributed by atoms with Gasteiger partial charge in [0, 0.05) is 11.3 Å². The van der Waals surface area contributed by atoms with Crippen LogP contribution in [0, 0.1) is 10.1 Å². The van der Waals surface area contributed by atoms with Crippen LogP contribution in [0.25, 0.3) is 0 Å². The number of nitro groups is 1. The van der Waals surface area contributed by atoms with Crippen LogP contribution in [0.1, 0.15) is 19.8 Å². The molecule has 0 fully saturated rings. The van der Waals surface area contributed by atoms with E-state index in [4.69, 9.17) is 5.11 Å². The molecule has 0 rings (SSSR count). The molecule has 0 aromatic carbocycles. The van der Waals surface area contributed by atoms with E-state index in [1.54, 1.807) is 6.92 Å². The van der Waals surface area contributed by atoms with Crippen LogP contribution in [-0.4, -0.2) is 35.3 Å². The number of esters is 1. The minimum atomic E-state index is -0.982. The maximum absolute atomic E-state index is 10.7. The van der Waals surface area contributed by atoms with E-state index in [2.05, 4.69) is 4.74 Å². The van der Waals surface area contributed by atoms with Crippen LogP contribution < -0.4 is 0 Å². The number of hydrogen-bond acceptors (Lipinski definition) is 5. The number of aliphatic hydroxyl groups is 1. The second kappa shape index (κ2) is 6.36. The second-order valence-electron chi connectivity index (χ2n) is 2.51. The minimum Gasteiger partial charge on any atom is -0.466 e. The fraction of sp³-hybridized carbons (Fsp3) is 0.857. The van der Waals surface area contributed by atoms with Crippen LogP contribution in [0.3, 0.4) is 0 Å². The summed E-state index contributed by atoms with van der Waals surface area (Å²) in [5.74, 6) is -0.529. The SMILES string of the molecule is CCOC(=O)C[C@H](O)CC[N+](=O)[O-]. The molecular weight excluding hydrogens is 178 g/mol. The molecule has 0 saturated heterocycles. The Hall–Kier alpha value is -1.17. The molecule has 6 nitrogen and oxygen atoms in total. The standard InChI is InChI=1S/C7H13NO5/c1-2-13-7(10)5-6(9)3-4-8(11)12/h6,9H,2-5H2,1H3/t6-/m1/s1. The summed E-state index contributed by atoms with van der Waals surface area (Å²) in [6, 6.07) is 0. The van der Waals surface area contributed by atoms with Crippen LogP contribution in [0.15, 0.2) is 0 Å². The lowest BCUT2D eigenvalue weighted by Gasteiger charge is -2.06. The van der Waals surface area contributed by atoms with Crippen molar-refractivity contribution < 1.29 is 19.6 Å². The van der Waals surface area contributed by atoms with Crippen molar-refractivity contribution in [1.82, 2.24) is 0 Å². The Morgan fingerprint density at radius 3 is 2.77 bits per heavy atom. The molecular formula is C7H13NO5. The lowest BCUT2D eigenvalue weighted by molar-refractivity contribution is -0.481. The lowest BCUT2D eigenvalue weighted by Crippen LogP contribution is -2.18. The smallest absolute Gasteiger partial charge is 0.308 e. The summed E-state index contributed by atoms with van der Waals surface area (Å²) in [6.45, 7) is 1.57. The first-order chi connectivity index (χ1) is 6.06. The highest BCUT2D eigenvalue weighted by atomic mass is 16.6. The van der Waals surface area contributed by atoms with Crippen molar-refractivity contribution in [2.45, 2.75) is 25.9 Å². The molecule has 0 spiro atoms. The number of carbonyl (C=O) groups excluding carboxylic acids is 1. The summed E-state index contributed by atoms with van der Waals surface area (Å²) in [7, 11) is 0. The van der Waals surface area contributed by atoms with Gasteiger partial charge in [0.2, 0.25) is 6.54 Å². The van der Waals surface area contributed by atoms with Crippen molar-refractivity contribution in [2.24, 2.45) is 0 Å². The van der Waals surface area contributed by atoms with E-state index in [0.29, 0.717) is 0 Å². The summed E-state index contributed by atoms with van der Waals surface area (Å²) in [5, 5.41) is 19.0. The first-order valence-corrected chi connectivity index (χ1v) is 4.01. The van der Waals surface area contributed by atoms with Gasteiger partial charge in [-0.15, -0.1) is 0 Å². The van der Waals surface area contributed by atoms with E-state index in [0.717, 1.165) is 0 Å². The van der Waals surface area contributed by atoms with Crippen LogP contribution in [0.2, 0.25) is 0 Å². The topological polar surface area (TPSA) is 89.7 Å². The lowest BCUT2D eigenvalue weighted by atomic mass is 10.2. The third-order valence-electron chi connectivity index (χ3n) is 1.35. The third kappa shape index (κ3) is 7.20. The minimum absolute atomic E-state index is 0.0220. The molecule has 6 heteroatoms. The van der Waals surface area contributed by atoms with Gasteiger partial charge in [-0.1, -0.05) is 0 Å². The van der Waals surface area contributed by atoms with E-state index < -0.39 is 17.0 Å². The average molecular weight is 191 g/mol. The average Bonchev–Trinajstić information content (AvgIpc) is 2.01. The Balaban J connectivity index is 3.55. The van der Waals surface area contributed by atoms with Crippen LogP contribution in [-0.2, 0) is 9.53 Å². The summed E-state index contributed by atoms with van der Waals surface area (Å²) < 4.78 is 4.55. The number of aliphatic hydroxyl groups excluding tert-OH is 1. The molecule has 0 bridgehead atoms. The van der Waals surface area contributed by atoms with Gasteiger partial charge in [0.25, 0.3) is 0 Å².